The Bertz CT molecular complexity index is 48.5. The van der Waals surface area contributed by atoms with Crippen molar-refractivity contribution >= 4 is 10.5 Å². The van der Waals surface area contributed by atoms with Crippen LogP contribution in [0.3, 0.4) is 0 Å². The molecule has 0 aliphatic carbocycles. The predicted molar refractivity (Wildman–Crippen MR) is 35.4 cm³/mol. The van der Waals surface area contributed by atoms with E-state index in [1.807, 2.05) is 0 Å². The lowest BCUT2D eigenvalue weighted by atomic mass is 10.4. The van der Waals surface area contributed by atoms with Crippen LogP contribution in [0.5, 0.6) is 0 Å². The zero-order valence-electron chi connectivity index (χ0n) is 4.91. The summed E-state index contributed by atoms with van der Waals surface area (Å²) in [5, 5.41) is 16.3. The van der Waals surface area contributed by atoms with Gasteiger partial charge in [0.05, 0.1) is 12.7 Å². The van der Waals surface area contributed by atoms with E-state index < -0.39 is 6.10 Å². The van der Waals surface area contributed by atoms with Gasteiger partial charge < -0.3 is 15.0 Å². The van der Waals surface area contributed by atoms with E-state index in [2.05, 4.69) is 6.58 Å². The molecule has 3 nitrogen and oxygen atoms in total. The Morgan fingerprint density at radius 3 is 2.00 bits per heavy atom. The molecule has 0 spiro atoms. The van der Waals surface area contributed by atoms with Crippen molar-refractivity contribution in [3.8, 4) is 0 Å². The van der Waals surface area contributed by atoms with E-state index in [-0.39, 0.29) is 6.61 Å². The zero-order chi connectivity index (χ0) is 6.99. The smallest absolute Gasteiger partial charge is 0.141 e. The minimum atomic E-state index is -0.745. The molecule has 0 saturated carbocycles. The molecule has 0 aliphatic rings. The average molecular weight is 136 g/mol. The van der Waals surface area contributed by atoms with E-state index in [1.165, 1.54) is 6.08 Å². The lowest BCUT2D eigenvalue weighted by Crippen LogP contribution is -2.05. The van der Waals surface area contributed by atoms with E-state index in [9.17, 15) is 0 Å². The lowest BCUT2D eigenvalue weighted by Gasteiger charge is -1.93. The van der Waals surface area contributed by atoms with Gasteiger partial charge in [0.15, 0.2) is 0 Å². The molecular weight excluding hydrogens is 124 g/mol. The largest absolute Gasteiger partial charge is 0.442 e. The fourth-order valence-electron chi connectivity index (χ4n) is 0.0745. The molecule has 0 aliphatic heterocycles. The third-order valence-corrected chi connectivity index (χ3v) is 0.459. The van der Waals surface area contributed by atoms with E-state index >= 15 is 0 Å². The van der Waals surface area contributed by atoms with Crippen LogP contribution < -0.4 is 0 Å². The molecular formula is C4H12O3Si. The van der Waals surface area contributed by atoms with Crippen LogP contribution in [0.1, 0.15) is 0 Å². The Labute approximate surface area is 51.8 Å². The number of hydrogen-bond acceptors (Lipinski definition) is 3. The topological polar surface area (TPSA) is 60.7 Å². The molecule has 0 bridgehead atoms. The minimum absolute atomic E-state index is 0.233. The van der Waals surface area contributed by atoms with Crippen LogP contribution in [0.4, 0.5) is 0 Å². The first-order valence-electron chi connectivity index (χ1n) is 2.17. The van der Waals surface area contributed by atoms with E-state index in [0.29, 0.717) is 10.5 Å². The average Bonchev–Trinajstić information content (AvgIpc) is 1.91. The van der Waals surface area contributed by atoms with Gasteiger partial charge in [-0.15, -0.1) is 6.58 Å². The standard InChI is InChI=1S/C4H8O2.H4OSi/c1-2-4(6)3-5;1-2/h2,4-6H,1,3H2;1H,2H3. The van der Waals surface area contributed by atoms with Crippen molar-refractivity contribution in [2.75, 3.05) is 6.61 Å². The van der Waals surface area contributed by atoms with Gasteiger partial charge in [-0.3, -0.25) is 0 Å². The minimum Gasteiger partial charge on any atom is -0.442 e. The van der Waals surface area contributed by atoms with E-state index in [1.54, 1.807) is 0 Å². The van der Waals surface area contributed by atoms with Crippen LogP contribution in [-0.4, -0.2) is 38.2 Å². The van der Waals surface area contributed by atoms with E-state index in [4.69, 9.17) is 15.0 Å². The summed E-state index contributed by atoms with van der Waals surface area (Å²) in [5.41, 5.74) is 0. The van der Waals surface area contributed by atoms with E-state index in [0.717, 1.165) is 0 Å². The quantitative estimate of drug-likeness (QED) is 0.298. The molecule has 50 valence electrons. The first kappa shape index (κ1) is 10.8. The molecule has 1 atom stereocenters. The first-order chi connectivity index (χ1) is 3.81. The Kier molecular flexibility index (Phi) is 13.4. The predicted octanol–water partition coefficient (Wildman–Crippen LogP) is -2.22. The van der Waals surface area contributed by atoms with Crippen molar-refractivity contribution in [2.45, 2.75) is 6.10 Å². The molecule has 0 rings (SSSR count). The Balaban J connectivity index is 0. The third kappa shape index (κ3) is 9.28. The van der Waals surface area contributed by atoms with Gasteiger partial charge >= 0.3 is 0 Å². The summed E-state index contributed by atoms with van der Waals surface area (Å²) in [6, 6.07) is 0. The maximum Gasteiger partial charge on any atom is 0.141 e. The highest BCUT2D eigenvalue weighted by molar-refractivity contribution is 5.95. The third-order valence-electron chi connectivity index (χ3n) is 0.459. The van der Waals surface area contributed by atoms with Gasteiger partial charge in [0.1, 0.15) is 10.5 Å². The van der Waals surface area contributed by atoms with Crippen molar-refractivity contribution < 1.29 is 15.0 Å². The molecule has 0 aromatic rings. The van der Waals surface area contributed by atoms with Crippen molar-refractivity contribution in [1.82, 2.24) is 0 Å². The van der Waals surface area contributed by atoms with Crippen molar-refractivity contribution in [1.29, 1.82) is 0 Å². The molecule has 0 amide bonds. The lowest BCUT2D eigenvalue weighted by molar-refractivity contribution is 0.131. The number of aliphatic hydroxyl groups excluding tert-OH is 2. The SMILES string of the molecule is C=CC(O)CO.O[SiH3]. The Morgan fingerprint density at radius 2 is 2.00 bits per heavy atom. The van der Waals surface area contributed by atoms with Gasteiger partial charge in [0.25, 0.3) is 0 Å². The monoisotopic (exact) mass is 136 g/mol. The summed E-state index contributed by atoms with van der Waals surface area (Å²) in [6.07, 6.45) is 0.532. The summed E-state index contributed by atoms with van der Waals surface area (Å²) in [6.45, 7) is 2.99. The molecule has 0 saturated heterocycles. The fourth-order valence-corrected chi connectivity index (χ4v) is 0.0745. The van der Waals surface area contributed by atoms with Gasteiger partial charge in [-0.25, -0.2) is 0 Å². The molecule has 4 heteroatoms. The highest BCUT2D eigenvalue weighted by Crippen LogP contribution is 1.75. The summed E-state index contributed by atoms with van der Waals surface area (Å²) in [4.78, 5) is 7.14. The Hall–Kier alpha value is -0.163. The molecule has 8 heavy (non-hydrogen) atoms. The van der Waals surface area contributed by atoms with Crippen LogP contribution in [-0.2, 0) is 0 Å². The second-order valence-corrected chi connectivity index (χ2v) is 0.986. The van der Waals surface area contributed by atoms with Crippen molar-refractivity contribution in [3.63, 3.8) is 0 Å². The van der Waals surface area contributed by atoms with Gasteiger partial charge in [0.2, 0.25) is 0 Å². The van der Waals surface area contributed by atoms with Crippen LogP contribution in [0.15, 0.2) is 12.7 Å². The summed E-state index contributed by atoms with van der Waals surface area (Å²) < 4.78 is 0. The molecule has 0 heterocycles. The summed E-state index contributed by atoms with van der Waals surface area (Å²) in [5.74, 6) is 0. The molecule has 0 aromatic heterocycles. The normalized spacial score (nSPS) is 11.4. The second-order valence-electron chi connectivity index (χ2n) is 0.986. The molecule has 3 N–H and O–H groups in total. The maximum absolute atomic E-state index is 8.30. The molecule has 0 radical (unpaired) electrons. The molecule has 0 fully saturated rings. The fraction of sp³-hybridized carbons (Fsp3) is 0.500. The van der Waals surface area contributed by atoms with Crippen molar-refractivity contribution in [3.05, 3.63) is 12.7 Å². The van der Waals surface area contributed by atoms with Gasteiger partial charge in [-0.1, -0.05) is 6.08 Å². The van der Waals surface area contributed by atoms with Gasteiger partial charge in [0, 0.05) is 0 Å². The van der Waals surface area contributed by atoms with Crippen LogP contribution in [0.25, 0.3) is 0 Å². The van der Waals surface area contributed by atoms with Gasteiger partial charge in [-0.2, -0.15) is 0 Å². The van der Waals surface area contributed by atoms with Crippen LogP contribution >= 0.6 is 0 Å². The summed E-state index contributed by atoms with van der Waals surface area (Å²) in [7, 11) is 0.306. The van der Waals surface area contributed by atoms with Gasteiger partial charge in [-0.05, 0) is 0 Å². The second kappa shape index (κ2) is 9.96. The van der Waals surface area contributed by atoms with Crippen molar-refractivity contribution in [2.24, 2.45) is 0 Å². The summed E-state index contributed by atoms with van der Waals surface area (Å²) >= 11 is 0. The number of hydrogen-bond donors (Lipinski definition) is 3. The maximum atomic E-state index is 8.30. The first-order valence-corrected chi connectivity index (χ1v) is 3.07. The van der Waals surface area contributed by atoms with Crippen LogP contribution in [0.2, 0.25) is 0 Å². The molecule has 1 unspecified atom stereocenters. The highest BCUT2D eigenvalue weighted by atomic mass is 28.2. The number of rotatable bonds is 2. The molecule has 0 aromatic carbocycles. The Morgan fingerprint density at radius 1 is 1.62 bits per heavy atom. The van der Waals surface area contributed by atoms with Crippen LogP contribution in [0, 0.1) is 0 Å². The highest BCUT2D eigenvalue weighted by Gasteiger charge is 1.87. The number of aliphatic hydroxyl groups is 2. The zero-order valence-corrected chi connectivity index (χ0v) is 6.91.